The number of likely N-dealkylation sites (N-methyl/N-ethyl adjacent to an activating group) is 1. The summed E-state index contributed by atoms with van der Waals surface area (Å²) in [5.41, 5.74) is 4.67. The number of nitrogens with zero attached hydrogens (tertiary/aromatic N) is 2. The molecule has 1 aromatic rings. The Bertz CT molecular complexity index is 1040. The molecule has 1 aliphatic rings. The Hall–Kier alpha value is -2.70. The average Bonchev–Trinajstić information content (AvgIpc) is 2.88. The number of benzene rings is 1. The number of urea groups is 1. The second-order valence-electron chi connectivity index (χ2n) is 10.8. The smallest absolute Gasteiger partial charge is 0.421 e. The first-order valence-electron chi connectivity index (χ1n) is 11.7. The molecule has 36 heavy (non-hydrogen) atoms. The van der Waals surface area contributed by atoms with Crippen LogP contribution in [0, 0.1) is 10.8 Å². The Balaban J connectivity index is 1.96. The maximum Gasteiger partial charge on any atom is 0.421 e. The Morgan fingerprint density at radius 2 is 1.64 bits per heavy atom. The van der Waals surface area contributed by atoms with Crippen molar-refractivity contribution in [2.45, 2.75) is 66.0 Å². The van der Waals surface area contributed by atoms with Gasteiger partial charge in [-0.2, -0.15) is 13.5 Å². The molecular formula is C24H37N3O8S. The minimum Gasteiger partial charge on any atom is -0.462 e. The minimum atomic E-state index is -4.60. The Kier molecular flexibility index (Phi) is 9.49. The molecule has 0 unspecified atom stereocenters. The summed E-state index contributed by atoms with van der Waals surface area (Å²) in [6.07, 6.45) is 1.04. The van der Waals surface area contributed by atoms with E-state index in [9.17, 15) is 22.8 Å². The summed E-state index contributed by atoms with van der Waals surface area (Å²) in [7, 11) is -3.24. The van der Waals surface area contributed by atoms with E-state index >= 15 is 0 Å². The quantitative estimate of drug-likeness (QED) is 0.432. The number of nitrogens with two attached hydrogens (primary N) is 1. The number of esters is 1. The first kappa shape index (κ1) is 29.5. The molecule has 1 fully saturated rings. The molecule has 2 atom stereocenters. The van der Waals surface area contributed by atoms with Crippen LogP contribution >= 0.6 is 0 Å². The molecule has 0 bridgehead atoms. The van der Waals surface area contributed by atoms with Crippen LogP contribution in [0.1, 0.15) is 64.2 Å². The molecule has 12 heteroatoms. The molecule has 1 aliphatic heterocycles. The van der Waals surface area contributed by atoms with Crippen molar-refractivity contribution in [1.82, 2.24) is 9.96 Å². The van der Waals surface area contributed by atoms with Crippen molar-refractivity contribution in [2.75, 3.05) is 20.3 Å². The monoisotopic (exact) mass is 527 g/mol. The maximum absolute atomic E-state index is 12.7. The summed E-state index contributed by atoms with van der Waals surface area (Å²) in [5.74, 6) is -1.12. The first-order valence-corrected chi connectivity index (χ1v) is 13.0. The second-order valence-corrected chi connectivity index (χ2v) is 12.0. The first-order chi connectivity index (χ1) is 16.5. The molecule has 0 aromatic heterocycles. The predicted octanol–water partition coefficient (Wildman–Crippen LogP) is 2.87. The topological polar surface area (TPSA) is 146 Å². The lowest BCUT2D eigenvalue weighted by Crippen LogP contribution is -2.50. The summed E-state index contributed by atoms with van der Waals surface area (Å²) in [6, 6.07) is 6.33. The maximum atomic E-state index is 12.7. The lowest BCUT2D eigenvalue weighted by atomic mass is 9.76. The fourth-order valence-corrected chi connectivity index (χ4v) is 5.21. The highest BCUT2D eigenvalue weighted by molar-refractivity contribution is 7.81. The molecule has 3 amide bonds. The van der Waals surface area contributed by atoms with Gasteiger partial charge in [0.15, 0.2) is 0 Å². The average molecular weight is 528 g/mol. The highest BCUT2D eigenvalue weighted by Crippen LogP contribution is 2.35. The van der Waals surface area contributed by atoms with Gasteiger partial charge in [0.2, 0.25) is 5.91 Å². The molecule has 0 saturated carbocycles. The Morgan fingerprint density at radius 3 is 2.22 bits per heavy atom. The summed E-state index contributed by atoms with van der Waals surface area (Å²) < 4.78 is 40.8. The molecule has 202 valence electrons. The third-order valence-corrected chi connectivity index (χ3v) is 6.62. The van der Waals surface area contributed by atoms with E-state index in [1.165, 1.54) is 7.05 Å². The van der Waals surface area contributed by atoms with Crippen LogP contribution in [0.2, 0.25) is 0 Å². The van der Waals surface area contributed by atoms with Crippen molar-refractivity contribution in [1.29, 1.82) is 0 Å². The van der Waals surface area contributed by atoms with E-state index in [1.54, 1.807) is 37.3 Å². The van der Waals surface area contributed by atoms with Crippen LogP contribution in [0.15, 0.2) is 30.3 Å². The molecule has 2 rings (SSSR count). The van der Waals surface area contributed by atoms with Gasteiger partial charge < -0.3 is 15.4 Å². The molecule has 1 heterocycles. The van der Waals surface area contributed by atoms with E-state index < -0.39 is 51.2 Å². The number of hydrogen-bond acceptors (Lipinski definition) is 8. The van der Waals surface area contributed by atoms with E-state index in [0.29, 0.717) is 23.5 Å². The van der Waals surface area contributed by atoms with Gasteiger partial charge in [0.1, 0.15) is 6.04 Å². The van der Waals surface area contributed by atoms with E-state index in [-0.39, 0.29) is 19.6 Å². The van der Waals surface area contributed by atoms with E-state index in [0.717, 1.165) is 4.90 Å². The lowest BCUT2D eigenvalue weighted by molar-refractivity contribution is -0.122. The molecule has 1 aromatic carbocycles. The van der Waals surface area contributed by atoms with Crippen molar-refractivity contribution in [3.05, 3.63) is 35.9 Å². The van der Waals surface area contributed by atoms with Crippen molar-refractivity contribution >= 4 is 28.3 Å². The lowest BCUT2D eigenvalue weighted by Gasteiger charge is -2.34. The van der Waals surface area contributed by atoms with Gasteiger partial charge >= 0.3 is 22.4 Å². The number of hydrogen-bond donors (Lipinski definition) is 1. The fraction of sp³-hybridized carbons (Fsp3) is 0.625. The van der Waals surface area contributed by atoms with Gasteiger partial charge in [-0.15, -0.1) is 4.28 Å². The number of primary amides is 1. The number of hydroxylamine groups is 2. The summed E-state index contributed by atoms with van der Waals surface area (Å²) in [6.45, 7) is 8.93. The van der Waals surface area contributed by atoms with Gasteiger partial charge in [0, 0.05) is 7.05 Å². The number of rotatable bonds is 11. The SMILES string of the molecule is C[C@H]1CC[C@@H](C(N)=O)N(C)C(=O)N1OS(=O)(=O)OCC(C)(C)CC(C)(C)COC(=O)c1ccccc1. The summed E-state index contributed by atoms with van der Waals surface area (Å²) in [4.78, 5) is 37.7. The fourth-order valence-electron chi connectivity index (χ4n) is 4.29. The van der Waals surface area contributed by atoms with Crippen LogP contribution in [0.3, 0.4) is 0 Å². The van der Waals surface area contributed by atoms with Gasteiger partial charge in [0.25, 0.3) is 0 Å². The number of carbonyl (C=O) groups excluding carboxylic acids is 3. The van der Waals surface area contributed by atoms with E-state index in [4.69, 9.17) is 18.9 Å². The van der Waals surface area contributed by atoms with Gasteiger partial charge in [-0.25, -0.2) is 13.8 Å². The standard InChI is InChI=1S/C24H37N3O8S/c1-17-12-13-19(20(25)28)26(6)22(30)27(17)35-36(31,32)34-16-24(4,5)14-23(2,3)15-33-21(29)18-10-8-7-9-11-18/h7-11,17,19H,12-16H2,1-6H3,(H2,25,28)/t17-,19-/m0/s1. The number of carbonyl (C=O) groups is 3. The zero-order chi connectivity index (χ0) is 27.3. The van der Waals surface area contributed by atoms with Gasteiger partial charge in [0.05, 0.1) is 24.8 Å². The van der Waals surface area contributed by atoms with Crippen molar-refractivity contribution < 1.29 is 36.0 Å². The molecule has 1 saturated heterocycles. The van der Waals surface area contributed by atoms with E-state index in [1.807, 2.05) is 27.7 Å². The number of amides is 3. The third-order valence-electron chi connectivity index (χ3n) is 5.87. The van der Waals surface area contributed by atoms with Crippen molar-refractivity contribution in [3.63, 3.8) is 0 Å². The second kappa shape index (κ2) is 11.6. The van der Waals surface area contributed by atoms with Gasteiger partial charge in [-0.3, -0.25) is 4.79 Å². The van der Waals surface area contributed by atoms with Crippen molar-refractivity contribution in [3.8, 4) is 0 Å². The van der Waals surface area contributed by atoms with Crippen molar-refractivity contribution in [2.24, 2.45) is 16.6 Å². The Morgan fingerprint density at radius 1 is 1.06 bits per heavy atom. The molecular weight excluding hydrogens is 490 g/mol. The van der Waals surface area contributed by atoms with Gasteiger partial charge in [-0.1, -0.05) is 45.9 Å². The minimum absolute atomic E-state index is 0.126. The van der Waals surface area contributed by atoms with Crippen LogP contribution in [0.4, 0.5) is 4.79 Å². The van der Waals surface area contributed by atoms with Crippen LogP contribution in [-0.4, -0.2) is 68.6 Å². The van der Waals surface area contributed by atoms with Crippen LogP contribution < -0.4 is 5.73 Å². The largest absolute Gasteiger partial charge is 0.462 e. The predicted molar refractivity (Wildman–Crippen MR) is 132 cm³/mol. The van der Waals surface area contributed by atoms with E-state index in [2.05, 4.69) is 0 Å². The molecule has 0 radical (unpaired) electrons. The Labute approximate surface area is 213 Å². The highest BCUT2D eigenvalue weighted by atomic mass is 32.3. The zero-order valence-corrected chi connectivity index (χ0v) is 22.5. The summed E-state index contributed by atoms with van der Waals surface area (Å²) in [5, 5.41) is 0.693. The summed E-state index contributed by atoms with van der Waals surface area (Å²) >= 11 is 0. The molecule has 0 spiro atoms. The molecule has 0 aliphatic carbocycles. The molecule has 2 N–H and O–H groups in total. The third kappa shape index (κ3) is 8.45. The van der Waals surface area contributed by atoms with Gasteiger partial charge in [-0.05, 0) is 49.1 Å². The number of ether oxygens (including phenoxy) is 1. The van der Waals surface area contributed by atoms with Crippen LogP contribution in [0.5, 0.6) is 0 Å². The molecule has 11 nitrogen and oxygen atoms in total. The van der Waals surface area contributed by atoms with Crippen LogP contribution in [0.25, 0.3) is 0 Å². The highest BCUT2D eigenvalue weighted by Gasteiger charge is 2.39. The zero-order valence-electron chi connectivity index (χ0n) is 21.7. The normalized spacial score (nSPS) is 19.7. The van der Waals surface area contributed by atoms with Crippen LogP contribution in [-0.2, 0) is 28.4 Å².